The molecule has 0 bridgehead atoms. The number of benzene rings is 1. The Morgan fingerprint density at radius 1 is 1.26 bits per heavy atom. The number of hydrogen-bond acceptors (Lipinski definition) is 4. The predicted molar refractivity (Wildman–Crippen MR) is 74.6 cm³/mol. The van der Waals surface area contributed by atoms with Gasteiger partial charge < -0.3 is 4.74 Å². The molecule has 0 aliphatic carbocycles. The zero-order valence-corrected chi connectivity index (χ0v) is 12.0. The van der Waals surface area contributed by atoms with Crippen LogP contribution in [0.15, 0.2) is 34.8 Å². The number of halogens is 1. The number of pyridine rings is 1. The fourth-order valence-corrected chi connectivity index (χ4v) is 1.82. The van der Waals surface area contributed by atoms with Crippen LogP contribution in [0.25, 0.3) is 0 Å². The summed E-state index contributed by atoms with van der Waals surface area (Å²) in [6.07, 6.45) is 0. The number of rotatable bonds is 3. The second-order valence-corrected chi connectivity index (χ2v) is 4.88. The van der Waals surface area contributed by atoms with Crippen molar-refractivity contribution in [2.75, 3.05) is 0 Å². The van der Waals surface area contributed by atoms with Crippen LogP contribution in [0.2, 0.25) is 0 Å². The quantitative estimate of drug-likeness (QED) is 0.628. The first-order valence-corrected chi connectivity index (χ1v) is 6.32. The van der Waals surface area contributed by atoms with Gasteiger partial charge in [-0.1, -0.05) is 0 Å². The van der Waals surface area contributed by atoms with E-state index in [1.165, 1.54) is 6.07 Å². The van der Waals surface area contributed by atoms with Gasteiger partial charge in [-0.25, -0.2) is 4.98 Å². The molecule has 0 saturated carbocycles. The fourth-order valence-electron chi connectivity index (χ4n) is 1.59. The van der Waals surface area contributed by atoms with Crippen molar-refractivity contribution in [2.45, 2.75) is 13.8 Å². The van der Waals surface area contributed by atoms with Crippen molar-refractivity contribution >= 4 is 21.6 Å². The van der Waals surface area contributed by atoms with Gasteiger partial charge in [0.15, 0.2) is 0 Å². The second-order valence-electron chi connectivity index (χ2n) is 4.02. The van der Waals surface area contributed by atoms with Crippen molar-refractivity contribution in [3.8, 4) is 11.6 Å². The first-order valence-electron chi connectivity index (χ1n) is 5.53. The van der Waals surface area contributed by atoms with Gasteiger partial charge in [0.2, 0.25) is 5.88 Å². The van der Waals surface area contributed by atoms with E-state index in [1.54, 1.807) is 25.1 Å². The monoisotopic (exact) mass is 322 g/mol. The number of hydrogen-bond donors (Lipinski definition) is 0. The van der Waals surface area contributed by atoms with E-state index in [9.17, 15) is 10.1 Å². The SMILES string of the molecule is Cc1cc(Oc2ccc(Br)c(C)n2)ccc1[N+](=O)[O-]. The van der Waals surface area contributed by atoms with Crippen LogP contribution in [0.3, 0.4) is 0 Å². The molecule has 0 atom stereocenters. The summed E-state index contributed by atoms with van der Waals surface area (Å²) in [6, 6.07) is 8.18. The Kier molecular flexibility index (Phi) is 3.80. The third-order valence-corrected chi connectivity index (χ3v) is 3.42. The lowest BCUT2D eigenvalue weighted by molar-refractivity contribution is -0.385. The lowest BCUT2D eigenvalue weighted by atomic mass is 10.2. The van der Waals surface area contributed by atoms with Gasteiger partial charge in [0.25, 0.3) is 5.69 Å². The smallest absolute Gasteiger partial charge is 0.272 e. The molecule has 1 heterocycles. The molecular weight excluding hydrogens is 312 g/mol. The number of nitrogens with zero attached hydrogens (tertiary/aromatic N) is 2. The summed E-state index contributed by atoms with van der Waals surface area (Å²) in [4.78, 5) is 14.6. The van der Waals surface area contributed by atoms with Crippen molar-refractivity contribution in [1.82, 2.24) is 4.98 Å². The summed E-state index contributed by atoms with van der Waals surface area (Å²) in [6.45, 7) is 3.53. The Morgan fingerprint density at radius 3 is 2.58 bits per heavy atom. The number of aryl methyl sites for hydroxylation is 2. The summed E-state index contributed by atoms with van der Waals surface area (Å²) in [5.74, 6) is 0.978. The largest absolute Gasteiger partial charge is 0.439 e. The molecular formula is C13H11BrN2O3. The average molecular weight is 323 g/mol. The van der Waals surface area contributed by atoms with Crippen molar-refractivity contribution < 1.29 is 9.66 Å². The van der Waals surface area contributed by atoms with Gasteiger partial charge in [-0.2, -0.15) is 0 Å². The van der Waals surface area contributed by atoms with Gasteiger partial charge >= 0.3 is 0 Å². The summed E-state index contributed by atoms with van der Waals surface area (Å²) in [7, 11) is 0. The van der Waals surface area contributed by atoms with Crippen LogP contribution in [-0.2, 0) is 0 Å². The molecule has 98 valence electrons. The van der Waals surface area contributed by atoms with E-state index in [0.717, 1.165) is 10.2 Å². The van der Waals surface area contributed by atoms with Crippen LogP contribution in [0, 0.1) is 24.0 Å². The molecule has 0 saturated heterocycles. The van der Waals surface area contributed by atoms with Gasteiger partial charge in [-0.15, -0.1) is 0 Å². The molecule has 1 aromatic carbocycles. The summed E-state index contributed by atoms with van der Waals surface area (Å²) in [5.41, 5.74) is 1.44. The maximum atomic E-state index is 10.7. The van der Waals surface area contributed by atoms with Crippen LogP contribution < -0.4 is 4.74 Å². The van der Waals surface area contributed by atoms with E-state index in [-0.39, 0.29) is 5.69 Å². The van der Waals surface area contributed by atoms with Gasteiger partial charge in [-0.3, -0.25) is 10.1 Å². The molecule has 0 N–H and O–H groups in total. The van der Waals surface area contributed by atoms with E-state index >= 15 is 0 Å². The molecule has 0 amide bonds. The molecule has 0 spiro atoms. The Labute approximate surface area is 118 Å². The average Bonchev–Trinajstić information content (AvgIpc) is 2.33. The Bertz CT molecular complexity index is 644. The van der Waals surface area contributed by atoms with Crippen LogP contribution in [-0.4, -0.2) is 9.91 Å². The standard InChI is InChI=1S/C13H11BrN2O3/c1-8-7-10(3-5-12(8)16(17)18)19-13-6-4-11(14)9(2)15-13/h3-7H,1-2H3. The summed E-state index contributed by atoms with van der Waals surface area (Å²) in [5, 5.41) is 10.7. The van der Waals surface area contributed by atoms with Crippen molar-refractivity contribution in [1.29, 1.82) is 0 Å². The van der Waals surface area contributed by atoms with E-state index in [1.807, 2.05) is 13.0 Å². The van der Waals surface area contributed by atoms with E-state index in [4.69, 9.17) is 4.74 Å². The van der Waals surface area contributed by atoms with Crippen LogP contribution in [0.5, 0.6) is 11.6 Å². The van der Waals surface area contributed by atoms with Crippen molar-refractivity contribution in [3.05, 3.63) is 56.2 Å². The lowest BCUT2D eigenvalue weighted by Crippen LogP contribution is -1.94. The van der Waals surface area contributed by atoms with Gasteiger partial charge in [0, 0.05) is 22.2 Å². The Hall–Kier alpha value is -1.95. The highest BCUT2D eigenvalue weighted by Gasteiger charge is 2.11. The maximum absolute atomic E-state index is 10.7. The molecule has 1 aromatic heterocycles. The highest BCUT2D eigenvalue weighted by atomic mass is 79.9. The predicted octanol–water partition coefficient (Wildman–Crippen LogP) is 4.16. The molecule has 0 aliphatic heterocycles. The van der Waals surface area contributed by atoms with Gasteiger partial charge in [0.1, 0.15) is 5.75 Å². The molecule has 0 radical (unpaired) electrons. The first-order chi connectivity index (χ1) is 8.97. The van der Waals surface area contributed by atoms with E-state index in [2.05, 4.69) is 20.9 Å². The molecule has 2 rings (SSSR count). The van der Waals surface area contributed by atoms with Crippen LogP contribution in [0.1, 0.15) is 11.3 Å². The zero-order valence-electron chi connectivity index (χ0n) is 10.4. The molecule has 0 unspecified atom stereocenters. The van der Waals surface area contributed by atoms with Crippen LogP contribution >= 0.6 is 15.9 Å². The second kappa shape index (κ2) is 5.36. The Balaban J connectivity index is 2.26. The number of ether oxygens (including phenoxy) is 1. The normalized spacial score (nSPS) is 10.3. The number of aromatic nitrogens is 1. The minimum absolute atomic E-state index is 0.0762. The third-order valence-electron chi connectivity index (χ3n) is 2.58. The maximum Gasteiger partial charge on any atom is 0.272 e. The number of nitro benzene ring substituents is 1. The fraction of sp³-hybridized carbons (Fsp3) is 0.154. The first kappa shape index (κ1) is 13.5. The Morgan fingerprint density at radius 2 is 2.00 bits per heavy atom. The minimum atomic E-state index is -0.416. The lowest BCUT2D eigenvalue weighted by Gasteiger charge is -2.07. The van der Waals surface area contributed by atoms with Crippen LogP contribution in [0.4, 0.5) is 5.69 Å². The van der Waals surface area contributed by atoms with Crippen molar-refractivity contribution in [2.24, 2.45) is 0 Å². The molecule has 2 aromatic rings. The molecule has 19 heavy (non-hydrogen) atoms. The summed E-state index contributed by atoms with van der Waals surface area (Å²) < 4.78 is 6.48. The van der Waals surface area contributed by atoms with E-state index < -0.39 is 4.92 Å². The number of nitro groups is 1. The van der Waals surface area contributed by atoms with E-state index in [0.29, 0.717) is 17.2 Å². The molecule has 6 heteroatoms. The van der Waals surface area contributed by atoms with Crippen molar-refractivity contribution in [3.63, 3.8) is 0 Å². The molecule has 0 fully saturated rings. The topological polar surface area (TPSA) is 65.3 Å². The molecule has 5 nitrogen and oxygen atoms in total. The zero-order chi connectivity index (χ0) is 14.0. The van der Waals surface area contributed by atoms with Gasteiger partial charge in [0.05, 0.1) is 10.6 Å². The highest BCUT2D eigenvalue weighted by Crippen LogP contribution is 2.27. The van der Waals surface area contributed by atoms with Gasteiger partial charge in [-0.05, 0) is 48.0 Å². The highest BCUT2D eigenvalue weighted by molar-refractivity contribution is 9.10. The molecule has 0 aliphatic rings. The third kappa shape index (κ3) is 3.08. The summed E-state index contributed by atoms with van der Waals surface area (Å²) >= 11 is 3.36. The minimum Gasteiger partial charge on any atom is -0.439 e.